The molecule has 32 heavy (non-hydrogen) atoms. The minimum absolute atomic E-state index is 0.0544. The van der Waals surface area contributed by atoms with Crippen LogP contribution in [-0.2, 0) is 16.1 Å². The summed E-state index contributed by atoms with van der Waals surface area (Å²) in [6.07, 6.45) is 1.44. The predicted molar refractivity (Wildman–Crippen MR) is 121 cm³/mol. The largest absolute Gasteiger partial charge is 0.339 e. The van der Waals surface area contributed by atoms with E-state index in [1.54, 1.807) is 4.90 Å². The molecule has 0 saturated carbocycles. The second-order valence-corrected chi connectivity index (χ2v) is 9.06. The van der Waals surface area contributed by atoms with Crippen LogP contribution in [-0.4, -0.2) is 63.9 Å². The number of rotatable bonds is 5. The molecule has 3 aromatic rings. The number of fused-ring (bicyclic) bond motifs is 1. The number of nitrogens with one attached hydrogen (secondary N) is 1. The SMILES string of the molecule is Cc1sc2ncn(CC(=O)N3CCN(CC(=O)Nc4ccc(F)cc4)CC3)c(=O)c2c1C. The third-order valence-corrected chi connectivity index (χ3v) is 6.80. The van der Waals surface area contributed by atoms with Crippen molar-refractivity contribution in [1.82, 2.24) is 19.4 Å². The summed E-state index contributed by atoms with van der Waals surface area (Å²) in [5.41, 5.74) is 1.26. The van der Waals surface area contributed by atoms with Gasteiger partial charge in [-0.3, -0.25) is 23.9 Å². The zero-order valence-corrected chi connectivity index (χ0v) is 18.7. The summed E-state index contributed by atoms with van der Waals surface area (Å²) in [5, 5.41) is 3.32. The molecule has 0 aliphatic carbocycles. The van der Waals surface area contributed by atoms with E-state index in [-0.39, 0.29) is 36.3 Å². The highest BCUT2D eigenvalue weighted by Gasteiger charge is 2.23. The molecule has 2 amide bonds. The Balaban J connectivity index is 1.31. The van der Waals surface area contributed by atoms with E-state index in [2.05, 4.69) is 10.3 Å². The van der Waals surface area contributed by atoms with E-state index in [1.165, 1.54) is 46.5 Å². The van der Waals surface area contributed by atoms with E-state index in [0.717, 1.165) is 10.4 Å². The van der Waals surface area contributed by atoms with Crippen LogP contribution in [0.1, 0.15) is 10.4 Å². The molecule has 1 saturated heterocycles. The molecule has 4 rings (SSSR count). The molecule has 1 aliphatic rings. The lowest BCUT2D eigenvalue weighted by atomic mass is 10.2. The molecular formula is C22H24FN5O3S. The molecule has 168 valence electrons. The van der Waals surface area contributed by atoms with Crippen LogP contribution in [0.4, 0.5) is 10.1 Å². The fourth-order valence-corrected chi connectivity index (χ4v) is 4.71. The Bertz CT molecular complexity index is 1210. The average Bonchev–Trinajstić information content (AvgIpc) is 3.06. The van der Waals surface area contributed by atoms with E-state index in [9.17, 15) is 18.8 Å². The Kier molecular flexibility index (Phi) is 6.33. The average molecular weight is 458 g/mol. The van der Waals surface area contributed by atoms with Gasteiger partial charge in [0.25, 0.3) is 5.56 Å². The molecule has 1 N–H and O–H groups in total. The molecule has 0 bridgehead atoms. The summed E-state index contributed by atoms with van der Waals surface area (Å²) in [7, 11) is 0. The second kappa shape index (κ2) is 9.17. The first kappa shape index (κ1) is 22.1. The maximum atomic E-state index is 13.0. The van der Waals surface area contributed by atoms with Gasteiger partial charge >= 0.3 is 0 Å². The summed E-state index contributed by atoms with van der Waals surface area (Å²) in [6.45, 7) is 6.05. The Morgan fingerprint density at radius 3 is 2.47 bits per heavy atom. The number of anilines is 1. The van der Waals surface area contributed by atoms with Crippen molar-refractivity contribution in [2.45, 2.75) is 20.4 Å². The fourth-order valence-electron chi connectivity index (χ4n) is 3.72. The van der Waals surface area contributed by atoms with Crippen molar-refractivity contribution in [3.8, 4) is 0 Å². The second-order valence-electron chi connectivity index (χ2n) is 7.85. The molecule has 0 spiro atoms. The number of carbonyl (C=O) groups excluding carboxylic acids is 2. The number of carbonyl (C=O) groups is 2. The lowest BCUT2D eigenvalue weighted by molar-refractivity contribution is -0.133. The van der Waals surface area contributed by atoms with Crippen molar-refractivity contribution >= 4 is 39.1 Å². The summed E-state index contributed by atoms with van der Waals surface area (Å²) in [4.78, 5) is 47.5. The first-order valence-corrected chi connectivity index (χ1v) is 11.1. The van der Waals surface area contributed by atoms with E-state index in [0.29, 0.717) is 42.1 Å². The van der Waals surface area contributed by atoms with Gasteiger partial charge in [-0.1, -0.05) is 0 Å². The highest BCUT2D eigenvalue weighted by atomic mass is 32.1. The number of halogens is 1. The van der Waals surface area contributed by atoms with Crippen LogP contribution in [0.3, 0.4) is 0 Å². The van der Waals surface area contributed by atoms with Gasteiger partial charge in [-0.15, -0.1) is 11.3 Å². The van der Waals surface area contributed by atoms with Crippen LogP contribution < -0.4 is 10.9 Å². The fraction of sp³-hybridized carbons (Fsp3) is 0.364. The zero-order valence-electron chi connectivity index (χ0n) is 17.9. The summed E-state index contributed by atoms with van der Waals surface area (Å²) in [5.74, 6) is -0.695. The highest BCUT2D eigenvalue weighted by Crippen LogP contribution is 2.25. The van der Waals surface area contributed by atoms with E-state index < -0.39 is 0 Å². The first-order chi connectivity index (χ1) is 15.3. The van der Waals surface area contributed by atoms with Gasteiger partial charge in [0.05, 0.1) is 18.3 Å². The third-order valence-electron chi connectivity index (χ3n) is 5.68. The standard InChI is InChI=1S/C22H24FN5O3S/c1-14-15(2)32-21-20(14)22(31)28(13-24-21)12-19(30)27-9-7-26(8-10-27)11-18(29)25-17-5-3-16(23)4-6-17/h3-6,13H,7-12H2,1-2H3,(H,25,29). The number of benzene rings is 1. The zero-order chi connectivity index (χ0) is 22.8. The molecular weight excluding hydrogens is 433 g/mol. The van der Waals surface area contributed by atoms with Gasteiger partial charge in [-0.2, -0.15) is 0 Å². The summed E-state index contributed by atoms with van der Waals surface area (Å²) in [6, 6.07) is 5.60. The Morgan fingerprint density at radius 1 is 1.09 bits per heavy atom. The predicted octanol–water partition coefficient (Wildman–Crippen LogP) is 2.00. The van der Waals surface area contributed by atoms with Crippen LogP contribution in [0.2, 0.25) is 0 Å². The number of hydrogen-bond acceptors (Lipinski definition) is 6. The number of aryl methyl sites for hydroxylation is 2. The third kappa shape index (κ3) is 4.71. The van der Waals surface area contributed by atoms with Gasteiger partial charge in [0, 0.05) is 36.7 Å². The molecule has 0 unspecified atom stereocenters. The highest BCUT2D eigenvalue weighted by molar-refractivity contribution is 7.18. The van der Waals surface area contributed by atoms with Crippen LogP contribution in [0.15, 0.2) is 35.4 Å². The first-order valence-electron chi connectivity index (χ1n) is 10.3. The molecule has 0 radical (unpaired) electrons. The lowest BCUT2D eigenvalue weighted by Gasteiger charge is -2.34. The van der Waals surface area contributed by atoms with Crippen molar-refractivity contribution in [1.29, 1.82) is 0 Å². The number of aromatic nitrogens is 2. The lowest BCUT2D eigenvalue weighted by Crippen LogP contribution is -2.51. The van der Waals surface area contributed by atoms with Gasteiger partial charge in [0.15, 0.2) is 0 Å². The summed E-state index contributed by atoms with van der Waals surface area (Å²) < 4.78 is 14.3. The Morgan fingerprint density at radius 2 is 1.78 bits per heavy atom. The minimum atomic E-state index is -0.359. The van der Waals surface area contributed by atoms with Crippen LogP contribution in [0, 0.1) is 19.7 Å². The van der Waals surface area contributed by atoms with Crippen molar-refractivity contribution in [2.75, 3.05) is 38.0 Å². The maximum Gasteiger partial charge on any atom is 0.262 e. The van der Waals surface area contributed by atoms with Crippen LogP contribution in [0.25, 0.3) is 10.2 Å². The van der Waals surface area contributed by atoms with Crippen molar-refractivity contribution < 1.29 is 14.0 Å². The molecule has 2 aromatic heterocycles. The smallest absolute Gasteiger partial charge is 0.262 e. The Hall–Kier alpha value is -3.11. The topological polar surface area (TPSA) is 87.5 Å². The Labute approximate surface area is 188 Å². The van der Waals surface area contributed by atoms with Crippen LogP contribution >= 0.6 is 11.3 Å². The van der Waals surface area contributed by atoms with E-state index in [4.69, 9.17) is 0 Å². The number of hydrogen-bond donors (Lipinski definition) is 1. The molecule has 1 aliphatic heterocycles. The van der Waals surface area contributed by atoms with Gasteiger partial charge in [0.2, 0.25) is 11.8 Å². The molecule has 10 heteroatoms. The van der Waals surface area contributed by atoms with Gasteiger partial charge in [0.1, 0.15) is 17.2 Å². The minimum Gasteiger partial charge on any atom is -0.339 e. The number of amides is 2. The number of nitrogens with zero attached hydrogens (tertiary/aromatic N) is 4. The monoisotopic (exact) mass is 457 g/mol. The molecule has 1 aromatic carbocycles. The van der Waals surface area contributed by atoms with Crippen LogP contribution in [0.5, 0.6) is 0 Å². The molecule has 1 fully saturated rings. The molecule has 8 nitrogen and oxygen atoms in total. The van der Waals surface area contributed by atoms with Gasteiger partial charge in [-0.25, -0.2) is 9.37 Å². The van der Waals surface area contributed by atoms with Gasteiger partial charge < -0.3 is 10.2 Å². The van der Waals surface area contributed by atoms with Crippen molar-refractivity contribution in [3.05, 3.63) is 57.2 Å². The van der Waals surface area contributed by atoms with Crippen molar-refractivity contribution in [2.24, 2.45) is 0 Å². The molecule has 0 atom stereocenters. The van der Waals surface area contributed by atoms with Gasteiger partial charge in [-0.05, 0) is 43.7 Å². The normalized spacial score (nSPS) is 14.7. The quantitative estimate of drug-likeness (QED) is 0.633. The maximum absolute atomic E-state index is 13.0. The van der Waals surface area contributed by atoms with E-state index >= 15 is 0 Å². The number of piperazine rings is 1. The van der Waals surface area contributed by atoms with E-state index in [1.807, 2.05) is 18.7 Å². The number of thiophene rings is 1. The molecule has 3 heterocycles. The summed E-state index contributed by atoms with van der Waals surface area (Å²) >= 11 is 1.48. The van der Waals surface area contributed by atoms with Crippen molar-refractivity contribution in [3.63, 3.8) is 0 Å².